The summed E-state index contributed by atoms with van der Waals surface area (Å²) in [4.78, 5) is 42.8. The molecule has 3 aliphatic heterocycles. The highest BCUT2D eigenvalue weighted by Crippen LogP contribution is 2.71. The summed E-state index contributed by atoms with van der Waals surface area (Å²) in [6, 6.07) is 9.21. The second-order valence-corrected chi connectivity index (χ2v) is 12.7. The van der Waals surface area contributed by atoms with E-state index in [1.165, 1.54) is 0 Å². The summed E-state index contributed by atoms with van der Waals surface area (Å²) in [5.74, 6) is -1.18. The lowest BCUT2D eigenvalue weighted by Crippen LogP contribution is -2.55. The topological polar surface area (TPSA) is 98.7 Å². The number of hydrogen-bond donors (Lipinski definition) is 3. The molecular weight excluding hydrogens is 462 g/mol. The second-order valence-electron chi connectivity index (χ2n) is 10.8. The number of aliphatic hydroxyl groups excluding tert-OH is 1. The maximum Gasteiger partial charge on any atom is 0.244 e. The van der Waals surface area contributed by atoms with Gasteiger partial charge in [0.1, 0.15) is 6.04 Å². The van der Waals surface area contributed by atoms with Crippen molar-refractivity contribution >= 4 is 29.5 Å². The van der Waals surface area contributed by atoms with Crippen LogP contribution in [-0.4, -0.2) is 62.5 Å². The number of carbonyl (C=O) groups excluding carboxylic acids is 3. The first-order chi connectivity index (χ1) is 16.7. The minimum atomic E-state index is -0.565. The van der Waals surface area contributed by atoms with Gasteiger partial charge in [-0.05, 0) is 52.0 Å². The number of nitrogens with zero attached hydrogens (tertiary/aromatic N) is 1. The van der Waals surface area contributed by atoms with Crippen molar-refractivity contribution in [3.05, 3.63) is 35.9 Å². The molecule has 2 unspecified atom stereocenters. The molecule has 0 radical (unpaired) electrons. The molecule has 3 aliphatic rings. The van der Waals surface area contributed by atoms with Gasteiger partial charge < -0.3 is 20.6 Å². The molecule has 1 spiro atoms. The van der Waals surface area contributed by atoms with Crippen molar-refractivity contribution < 1.29 is 19.5 Å². The third-order valence-electron chi connectivity index (χ3n) is 7.86. The molecule has 7 nitrogen and oxygen atoms in total. The summed E-state index contributed by atoms with van der Waals surface area (Å²) >= 11 is 1.71. The fourth-order valence-corrected chi connectivity index (χ4v) is 8.73. The Bertz CT molecular complexity index is 942. The lowest BCUT2D eigenvalue weighted by atomic mass is 9.66. The predicted octanol–water partition coefficient (Wildman–Crippen LogP) is 2.86. The van der Waals surface area contributed by atoms with Gasteiger partial charge in [0.05, 0.1) is 16.6 Å². The summed E-state index contributed by atoms with van der Waals surface area (Å²) in [5, 5.41) is 15.2. The first kappa shape index (κ1) is 26.0. The van der Waals surface area contributed by atoms with Crippen molar-refractivity contribution in [3.63, 3.8) is 0 Å². The molecule has 3 saturated heterocycles. The van der Waals surface area contributed by atoms with Gasteiger partial charge in [0, 0.05) is 30.5 Å². The van der Waals surface area contributed by atoms with E-state index in [0.717, 1.165) is 44.1 Å². The molecule has 8 heteroatoms. The Balaban J connectivity index is 1.58. The van der Waals surface area contributed by atoms with Gasteiger partial charge in [-0.2, -0.15) is 0 Å². The fourth-order valence-electron chi connectivity index (χ4n) is 6.37. The van der Waals surface area contributed by atoms with Crippen LogP contribution in [-0.2, 0) is 20.9 Å². The summed E-state index contributed by atoms with van der Waals surface area (Å²) < 4.78 is -0.921. The standard InChI is InChI=1S/C27H39N3O4S/c1-18(2)29-24(33)22-27-14-13-26(3,35-27)20(23(32)28-17-19-11-7-6-8-12-19)21(27)25(34)30(22)15-9-4-5-10-16-31/h6-8,11-12,18,20-22,31H,4-5,9-10,13-17H2,1-3H3,(H,28,32)(H,29,33)/t20-,21+,22?,26+,27?/m1/s1. The van der Waals surface area contributed by atoms with Gasteiger partial charge in [-0.3, -0.25) is 14.4 Å². The zero-order chi connectivity index (χ0) is 25.2. The van der Waals surface area contributed by atoms with Crippen LogP contribution >= 0.6 is 11.8 Å². The molecule has 5 atom stereocenters. The van der Waals surface area contributed by atoms with E-state index in [4.69, 9.17) is 5.11 Å². The number of fused-ring (bicyclic) bond motifs is 1. The minimum absolute atomic E-state index is 0.0244. The summed E-state index contributed by atoms with van der Waals surface area (Å²) in [6.07, 6.45) is 4.91. The van der Waals surface area contributed by atoms with Crippen molar-refractivity contribution in [1.82, 2.24) is 15.5 Å². The minimum Gasteiger partial charge on any atom is -0.396 e. The van der Waals surface area contributed by atoms with Crippen LogP contribution in [0.25, 0.3) is 0 Å². The average molecular weight is 502 g/mol. The van der Waals surface area contributed by atoms with Gasteiger partial charge in [-0.1, -0.05) is 43.2 Å². The lowest BCUT2D eigenvalue weighted by molar-refractivity contribution is -0.140. The van der Waals surface area contributed by atoms with Gasteiger partial charge in [0.15, 0.2) is 0 Å². The highest BCUT2D eigenvalue weighted by atomic mass is 32.2. The largest absolute Gasteiger partial charge is 0.396 e. The van der Waals surface area contributed by atoms with Crippen molar-refractivity contribution in [2.75, 3.05) is 13.2 Å². The van der Waals surface area contributed by atoms with Crippen LogP contribution in [0.2, 0.25) is 0 Å². The number of aliphatic hydroxyl groups is 1. The second kappa shape index (κ2) is 10.5. The number of nitrogens with one attached hydrogen (secondary N) is 2. The number of rotatable bonds is 11. The van der Waals surface area contributed by atoms with E-state index in [9.17, 15) is 14.4 Å². The lowest BCUT2D eigenvalue weighted by Gasteiger charge is -2.35. The molecule has 1 aromatic carbocycles. The smallest absolute Gasteiger partial charge is 0.244 e. The Morgan fingerprint density at radius 1 is 1.11 bits per heavy atom. The van der Waals surface area contributed by atoms with E-state index in [-0.39, 0.29) is 35.1 Å². The first-order valence-electron chi connectivity index (χ1n) is 13.0. The van der Waals surface area contributed by atoms with Crippen molar-refractivity contribution in [2.24, 2.45) is 11.8 Å². The molecule has 3 heterocycles. The quantitative estimate of drug-likeness (QED) is 0.405. The molecule has 3 N–H and O–H groups in total. The third-order valence-corrected chi connectivity index (χ3v) is 9.84. The highest BCUT2D eigenvalue weighted by Gasteiger charge is 2.76. The summed E-state index contributed by atoms with van der Waals surface area (Å²) in [6.45, 7) is 7.07. The average Bonchev–Trinajstić information content (AvgIpc) is 3.38. The molecule has 192 valence electrons. The van der Waals surface area contributed by atoms with Crippen LogP contribution in [0.4, 0.5) is 0 Å². The van der Waals surface area contributed by atoms with Crippen LogP contribution in [0.5, 0.6) is 0 Å². The third kappa shape index (κ3) is 4.84. The van der Waals surface area contributed by atoms with E-state index in [1.54, 1.807) is 16.7 Å². The van der Waals surface area contributed by atoms with Crippen LogP contribution in [0.3, 0.4) is 0 Å². The van der Waals surface area contributed by atoms with E-state index < -0.39 is 22.6 Å². The summed E-state index contributed by atoms with van der Waals surface area (Å²) in [7, 11) is 0. The van der Waals surface area contributed by atoms with Crippen LogP contribution in [0.1, 0.15) is 64.9 Å². The zero-order valence-electron chi connectivity index (χ0n) is 21.1. The maximum absolute atomic E-state index is 13.9. The Hall–Kier alpha value is -2.06. The molecule has 2 bridgehead atoms. The Morgan fingerprint density at radius 3 is 2.51 bits per heavy atom. The van der Waals surface area contributed by atoms with Gasteiger partial charge in [-0.25, -0.2) is 0 Å². The zero-order valence-corrected chi connectivity index (χ0v) is 21.9. The van der Waals surface area contributed by atoms with Gasteiger partial charge >= 0.3 is 0 Å². The Morgan fingerprint density at radius 2 is 1.83 bits per heavy atom. The number of likely N-dealkylation sites (tertiary alicyclic amines) is 1. The predicted molar refractivity (Wildman–Crippen MR) is 138 cm³/mol. The van der Waals surface area contributed by atoms with Crippen molar-refractivity contribution in [3.8, 4) is 0 Å². The number of amides is 3. The van der Waals surface area contributed by atoms with Gasteiger partial charge in [-0.15, -0.1) is 11.8 Å². The molecule has 0 aromatic heterocycles. The number of benzene rings is 1. The normalized spacial score (nSPS) is 31.2. The Labute approximate surface area is 212 Å². The molecular formula is C27H39N3O4S. The van der Waals surface area contributed by atoms with E-state index in [0.29, 0.717) is 13.1 Å². The number of carbonyl (C=O) groups is 3. The molecule has 35 heavy (non-hydrogen) atoms. The van der Waals surface area contributed by atoms with E-state index in [1.807, 2.05) is 44.2 Å². The first-order valence-corrected chi connectivity index (χ1v) is 13.8. The monoisotopic (exact) mass is 501 g/mol. The molecule has 1 aromatic rings. The molecule has 0 aliphatic carbocycles. The molecule has 3 amide bonds. The number of thioether (sulfide) groups is 1. The maximum atomic E-state index is 13.9. The number of unbranched alkanes of at least 4 members (excludes halogenated alkanes) is 3. The number of hydrogen-bond acceptors (Lipinski definition) is 5. The van der Waals surface area contributed by atoms with Gasteiger partial charge in [0.25, 0.3) is 0 Å². The Kier molecular flexibility index (Phi) is 7.81. The van der Waals surface area contributed by atoms with E-state index in [2.05, 4.69) is 17.6 Å². The van der Waals surface area contributed by atoms with Crippen molar-refractivity contribution in [2.45, 2.75) is 87.4 Å². The molecule has 4 rings (SSSR count). The van der Waals surface area contributed by atoms with Crippen LogP contribution in [0, 0.1) is 11.8 Å². The van der Waals surface area contributed by atoms with Crippen LogP contribution < -0.4 is 10.6 Å². The highest BCUT2D eigenvalue weighted by molar-refractivity contribution is 8.02. The SMILES string of the molecule is CC(C)NC(=O)C1N(CCCCCCO)C(=O)[C@@H]2[C@H](C(=O)NCc3ccccc3)[C@]3(C)CCC12S3. The van der Waals surface area contributed by atoms with Crippen LogP contribution in [0.15, 0.2) is 30.3 Å². The molecule has 0 saturated carbocycles. The summed E-state index contributed by atoms with van der Waals surface area (Å²) in [5.41, 5.74) is 1.02. The van der Waals surface area contributed by atoms with E-state index >= 15 is 0 Å². The fraction of sp³-hybridized carbons (Fsp3) is 0.667. The van der Waals surface area contributed by atoms with Gasteiger partial charge in [0.2, 0.25) is 17.7 Å². The van der Waals surface area contributed by atoms with Crippen molar-refractivity contribution in [1.29, 1.82) is 0 Å². The molecule has 3 fully saturated rings.